The molecule has 31 heavy (non-hydrogen) atoms. The van der Waals surface area contributed by atoms with Gasteiger partial charge < -0.3 is 10.1 Å². The van der Waals surface area contributed by atoms with Gasteiger partial charge in [0.15, 0.2) is 22.2 Å². The Labute approximate surface area is 188 Å². The van der Waals surface area contributed by atoms with Crippen LogP contribution in [0.25, 0.3) is 10.2 Å². The van der Waals surface area contributed by atoms with Crippen LogP contribution in [-0.4, -0.2) is 31.4 Å². The SMILES string of the molecule is C=CCn1c(SCC(=O)Nc2nc3ccccc3s2)nnc1C(C)Oc1ccccc1. The number of fused-ring (bicyclic) bond motifs is 1. The topological polar surface area (TPSA) is 81.9 Å². The molecule has 0 bridgehead atoms. The normalized spacial score (nSPS) is 11.9. The lowest BCUT2D eigenvalue weighted by molar-refractivity contribution is -0.113. The van der Waals surface area contributed by atoms with Crippen LogP contribution in [0.4, 0.5) is 5.13 Å². The van der Waals surface area contributed by atoms with Crippen LogP contribution in [0, 0.1) is 0 Å². The van der Waals surface area contributed by atoms with Crippen molar-refractivity contribution in [2.45, 2.75) is 24.7 Å². The van der Waals surface area contributed by atoms with Crippen molar-refractivity contribution in [1.82, 2.24) is 19.7 Å². The fourth-order valence-electron chi connectivity index (χ4n) is 2.98. The Hall–Kier alpha value is -3.17. The van der Waals surface area contributed by atoms with Crippen molar-refractivity contribution < 1.29 is 9.53 Å². The van der Waals surface area contributed by atoms with Crippen LogP contribution in [0.15, 0.2) is 72.4 Å². The molecule has 0 fully saturated rings. The van der Waals surface area contributed by atoms with Gasteiger partial charge in [-0.15, -0.1) is 16.8 Å². The molecule has 9 heteroatoms. The van der Waals surface area contributed by atoms with E-state index in [1.165, 1.54) is 23.1 Å². The summed E-state index contributed by atoms with van der Waals surface area (Å²) < 4.78 is 8.93. The molecule has 0 saturated carbocycles. The smallest absolute Gasteiger partial charge is 0.236 e. The molecule has 0 spiro atoms. The number of amides is 1. The number of thioether (sulfide) groups is 1. The van der Waals surface area contributed by atoms with Crippen molar-refractivity contribution in [3.63, 3.8) is 0 Å². The summed E-state index contributed by atoms with van der Waals surface area (Å²) >= 11 is 2.77. The predicted molar refractivity (Wildman–Crippen MR) is 125 cm³/mol. The lowest BCUT2D eigenvalue weighted by Gasteiger charge is -2.15. The first kappa shape index (κ1) is 21.1. The third-order valence-corrected chi connectivity index (χ3v) is 6.27. The van der Waals surface area contributed by atoms with Crippen LogP contribution in [0.5, 0.6) is 5.75 Å². The molecule has 1 N–H and O–H groups in total. The molecular weight excluding hydrogens is 430 g/mol. The van der Waals surface area contributed by atoms with Gasteiger partial charge >= 0.3 is 0 Å². The second-order valence-electron chi connectivity index (χ2n) is 6.64. The molecule has 0 aliphatic heterocycles. The second-order valence-corrected chi connectivity index (χ2v) is 8.61. The van der Waals surface area contributed by atoms with Gasteiger partial charge in [0.05, 0.1) is 16.0 Å². The van der Waals surface area contributed by atoms with Gasteiger partial charge in [0.2, 0.25) is 5.91 Å². The maximum absolute atomic E-state index is 12.4. The van der Waals surface area contributed by atoms with Gasteiger partial charge in [0.25, 0.3) is 0 Å². The average Bonchev–Trinajstić information content (AvgIpc) is 3.36. The van der Waals surface area contributed by atoms with Crippen LogP contribution >= 0.6 is 23.1 Å². The summed E-state index contributed by atoms with van der Waals surface area (Å²) in [5.41, 5.74) is 0.873. The largest absolute Gasteiger partial charge is 0.483 e. The molecule has 2 aromatic carbocycles. The van der Waals surface area contributed by atoms with Gasteiger partial charge in [-0.2, -0.15) is 0 Å². The highest BCUT2D eigenvalue weighted by molar-refractivity contribution is 7.99. The maximum atomic E-state index is 12.4. The molecule has 0 aliphatic carbocycles. The number of ether oxygens (including phenoxy) is 1. The Morgan fingerprint density at radius 1 is 1.23 bits per heavy atom. The van der Waals surface area contributed by atoms with Crippen LogP contribution < -0.4 is 10.1 Å². The number of carbonyl (C=O) groups excluding carboxylic acids is 1. The van der Waals surface area contributed by atoms with E-state index in [0.29, 0.717) is 22.7 Å². The molecule has 1 atom stereocenters. The molecule has 2 aromatic heterocycles. The predicted octanol–water partition coefficient (Wildman–Crippen LogP) is 4.94. The molecule has 2 heterocycles. The number of benzene rings is 2. The highest BCUT2D eigenvalue weighted by Gasteiger charge is 2.20. The number of nitrogens with zero attached hydrogens (tertiary/aromatic N) is 4. The van der Waals surface area contributed by atoms with E-state index in [0.717, 1.165) is 16.0 Å². The van der Waals surface area contributed by atoms with E-state index in [4.69, 9.17) is 4.74 Å². The van der Waals surface area contributed by atoms with Crippen molar-refractivity contribution in [3.8, 4) is 5.75 Å². The van der Waals surface area contributed by atoms with E-state index in [1.54, 1.807) is 6.08 Å². The molecule has 0 radical (unpaired) electrons. The molecule has 4 aromatic rings. The summed E-state index contributed by atoms with van der Waals surface area (Å²) in [4.78, 5) is 16.9. The number of allylic oxidation sites excluding steroid dienone is 1. The maximum Gasteiger partial charge on any atom is 0.236 e. The number of hydrogen-bond donors (Lipinski definition) is 1. The number of nitrogens with one attached hydrogen (secondary N) is 1. The fourth-order valence-corrected chi connectivity index (χ4v) is 4.61. The van der Waals surface area contributed by atoms with Crippen molar-refractivity contribution in [3.05, 3.63) is 73.1 Å². The van der Waals surface area contributed by atoms with Crippen LogP contribution in [0.3, 0.4) is 0 Å². The van der Waals surface area contributed by atoms with Crippen LogP contribution in [-0.2, 0) is 11.3 Å². The summed E-state index contributed by atoms with van der Waals surface area (Å²) in [5, 5.41) is 12.7. The number of aromatic nitrogens is 4. The van der Waals surface area contributed by atoms with Gasteiger partial charge in [0, 0.05) is 6.54 Å². The van der Waals surface area contributed by atoms with E-state index in [2.05, 4.69) is 27.1 Å². The van der Waals surface area contributed by atoms with E-state index < -0.39 is 0 Å². The Kier molecular flexibility index (Phi) is 6.63. The lowest BCUT2D eigenvalue weighted by atomic mass is 10.3. The van der Waals surface area contributed by atoms with E-state index in [1.807, 2.05) is 66.1 Å². The first-order chi connectivity index (χ1) is 15.1. The van der Waals surface area contributed by atoms with Gasteiger partial charge in [-0.3, -0.25) is 9.36 Å². The molecule has 7 nitrogen and oxygen atoms in total. The van der Waals surface area contributed by atoms with E-state index >= 15 is 0 Å². The van der Waals surface area contributed by atoms with Crippen LogP contribution in [0.1, 0.15) is 18.9 Å². The Morgan fingerprint density at radius 3 is 2.77 bits per heavy atom. The van der Waals surface area contributed by atoms with Crippen molar-refractivity contribution in [2.24, 2.45) is 0 Å². The van der Waals surface area contributed by atoms with Crippen LogP contribution in [0.2, 0.25) is 0 Å². The Balaban J connectivity index is 1.41. The number of thiazole rings is 1. The highest BCUT2D eigenvalue weighted by Crippen LogP contribution is 2.27. The monoisotopic (exact) mass is 451 g/mol. The standard InChI is InChI=1S/C22H21N5O2S2/c1-3-13-27-20(15(2)29-16-9-5-4-6-10-16)25-26-22(27)30-14-19(28)24-21-23-17-11-7-8-12-18(17)31-21/h3-12,15H,1,13-14H2,2H3,(H,23,24,28). The Bertz CT molecular complexity index is 1160. The second kappa shape index (κ2) is 9.76. The van der Waals surface area contributed by atoms with Gasteiger partial charge in [-0.05, 0) is 31.2 Å². The minimum atomic E-state index is -0.305. The van der Waals surface area contributed by atoms with Crippen molar-refractivity contribution in [2.75, 3.05) is 11.1 Å². The first-order valence-corrected chi connectivity index (χ1v) is 11.5. The summed E-state index contributed by atoms with van der Waals surface area (Å²) in [6.07, 6.45) is 1.47. The summed E-state index contributed by atoms with van der Waals surface area (Å²) in [6.45, 7) is 6.26. The zero-order chi connectivity index (χ0) is 21.6. The molecule has 0 saturated heterocycles. The third-order valence-electron chi connectivity index (χ3n) is 4.35. The molecular formula is C22H21N5O2S2. The lowest BCUT2D eigenvalue weighted by Crippen LogP contribution is -2.15. The highest BCUT2D eigenvalue weighted by atomic mass is 32.2. The number of rotatable bonds is 9. The van der Waals surface area contributed by atoms with E-state index in [-0.39, 0.29) is 17.8 Å². The quantitative estimate of drug-likeness (QED) is 0.287. The number of carbonyl (C=O) groups is 1. The minimum Gasteiger partial charge on any atom is -0.483 e. The van der Waals surface area contributed by atoms with Gasteiger partial charge in [-0.25, -0.2) is 4.98 Å². The van der Waals surface area contributed by atoms with Gasteiger partial charge in [-0.1, -0.05) is 59.5 Å². The fraction of sp³-hybridized carbons (Fsp3) is 0.182. The minimum absolute atomic E-state index is 0.146. The zero-order valence-corrected chi connectivity index (χ0v) is 18.5. The third kappa shape index (κ3) is 5.12. The summed E-state index contributed by atoms with van der Waals surface area (Å²) in [5.74, 6) is 1.48. The van der Waals surface area contributed by atoms with Crippen molar-refractivity contribution >= 4 is 44.4 Å². The number of anilines is 1. The molecule has 4 rings (SSSR count). The van der Waals surface area contributed by atoms with Crippen molar-refractivity contribution in [1.29, 1.82) is 0 Å². The molecule has 158 valence electrons. The van der Waals surface area contributed by atoms with E-state index in [9.17, 15) is 4.79 Å². The zero-order valence-electron chi connectivity index (χ0n) is 16.9. The number of hydrogen-bond acceptors (Lipinski definition) is 7. The van der Waals surface area contributed by atoms with Gasteiger partial charge in [0.1, 0.15) is 5.75 Å². The molecule has 1 amide bonds. The average molecular weight is 452 g/mol. The number of para-hydroxylation sites is 2. The molecule has 0 aliphatic rings. The molecule has 1 unspecified atom stereocenters. The summed E-state index contributed by atoms with van der Waals surface area (Å²) in [6, 6.07) is 17.4. The summed E-state index contributed by atoms with van der Waals surface area (Å²) in [7, 11) is 0. The Morgan fingerprint density at radius 2 is 2.00 bits per heavy atom. The first-order valence-electron chi connectivity index (χ1n) is 9.68.